The van der Waals surface area contributed by atoms with Crippen LogP contribution >= 0.6 is 0 Å². The van der Waals surface area contributed by atoms with Gasteiger partial charge in [0, 0.05) is 5.69 Å². The van der Waals surface area contributed by atoms with Crippen LogP contribution in [0.4, 0.5) is 10.1 Å². The number of hydrogen-bond donors (Lipinski definition) is 2. The van der Waals surface area contributed by atoms with Gasteiger partial charge in [0.05, 0.1) is 6.54 Å². The zero-order chi connectivity index (χ0) is 12.3. The number of nitrogens with one attached hydrogen (secondary N) is 1. The highest BCUT2D eigenvalue weighted by molar-refractivity contribution is 5.84. The lowest BCUT2D eigenvalue weighted by molar-refractivity contribution is 0.0660. The normalized spacial score (nSPS) is 10.2. The first-order chi connectivity index (χ1) is 8.15. The summed E-state index contributed by atoms with van der Waals surface area (Å²) in [5, 5.41) is 11.6. The van der Waals surface area contributed by atoms with Crippen LogP contribution < -0.4 is 5.32 Å². The molecule has 1 aromatic heterocycles. The van der Waals surface area contributed by atoms with Crippen LogP contribution in [0.25, 0.3) is 0 Å². The van der Waals surface area contributed by atoms with E-state index in [2.05, 4.69) is 5.32 Å². The summed E-state index contributed by atoms with van der Waals surface area (Å²) < 4.78 is 17.9. The van der Waals surface area contributed by atoms with Crippen molar-refractivity contribution in [2.24, 2.45) is 0 Å². The quantitative estimate of drug-likeness (QED) is 0.855. The molecule has 2 aromatic rings. The largest absolute Gasteiger partial charge is 0.475 e. The van der Waals surface area contributed by atoms with E-state index in [-0.39, 0.29) is 11.6 Å². The fourth-order valence-corrected chi connectivity index (χ4v) is 1.38. The molecule has 1 aromatic carbocycles. The van der Waals surface area contributed by atoms with Gasteiger partial charge in [-0.25, -0.2) is 9.18 Å². The Morgan fingerprint density at radius 3 is 2.82 bits per heavy atom. The number of aromatic carboxylic acids is 1. The summed E-state index contributed by atoms with van der Waals surface area (Å²) in [6.45, 7) is 0.302. The van der Waals surface area contributed by atoms with Gasteiger partial charge in [0.1, 0.15) is 11.6 Å². The Bertz CT molecular complexity index is 536. The molecule has 0 amide bonds. The molecule has 0 bridgehead atoms. The summed E-state index contributed by atoms with van der Waals surface area (Å²) in [4.78, 5) is 10.6. The standard InChI is InChI=1S/C12H10FNO3/c13-8-2-1-3-9(6-8)14-7-10-4-5-11(17-10)12(15)16/h1-6,14H,7H2,(H,15,16). The number of anilines is 1. The van der Waals surface area contributed by atoms with Crippen LogP contribution in [0.5, 0.6) is 0 Å². The molecular formula is C12H10FNO3. The smallest absolute Gasteiger partial charge is 0.371 e. The van der Waals surface area contributed by atoms with Crippen LogP contribution in [0.2, 0.25) is 0 Å². The summed E-state index contributed by atoms with van der Waals surface area (Å²) in [5.74, 6) is -1.07. The van der Waals surface area contributed by atoms with Crippen molar-refractivity contribution >= 4 is 11.7 Å². The van der Waals surface area contributed by atoms with E-state index in [0.29, 0.717) is 18.0 Å². The molecule has 5 heteroatoms. The van der Waals surface area contributed by atoms with E-state index in [0.717, 1.165) is 0 Å². The molecule has 2 N–H and O–H groups in total. The third kappa shape index (κ3) is 2.84. The number of furan rings is 1. The van der Waals surface area contributed by atoms with Gasteiger partial charge < -0.3 is 14.8 Å². The molecule has 1 heterocycles. The van der Waals surface area contributed by atoms with Crippen molar-refractivity contribution in [3.8, 4) is 0 Å². The van der Waals surface area contributed by atoms with Gasteiger partial charge >= 0.3 is 5.97 Å². The van der Waals surface area contributed by atoms with Crippen LogP contribution in [0.3, 0.4) is 0 Å². The number of halogens is 1. The molecule has 0 saturated carbocycles. The van der Waals surface area contributed by atoms with Gasteiger partial charge in [-0.15, -0.1) is 0 Å². The molecular weight excluding hydrogens is 225 g/mol. The maximum absolute atomic E-state index is 12.9. The summed E-state index contributed by atoms with van der Waals surface area (Å²) in [5.41, 5.74) is 0.610. The first-order valence-electron chi connectivity index (χ1n) is 4.96. The Morgan fingerprint density at radius 2 is 2.18 bits per heavy atom. The van der Waals surface area contributed by atoms with E-state index in [1.54, 1.807) is 18.2 Å². The average Bonchev–Trinajstić information content (AvgIpc) is 2.75. The van der Waals surface area contributed by atoms with Gasteiger partial charge in [-0.1, -0.05) is 6.07 Å². The second-order valence-corrected chi connectivity index (χ2v) is 3.44. The van der Waals surface area contributed by atoms with Crippen molar-refractivity contribution in [1.29, 1.82) is 0 Å². The molecule has 0 aliphatic carbocycles. The van der Waals surface area contributed by atoms with Gasteiger partial charge in [-0.2, -0.15) is 0 Å². The minimum atomic E-state index is -1.11. The highest BCUT2D eigenvalue weighted by atomic mass is 19.1. The fourth-order valence-electron chi connectivity index (χ4n) is 1.38. The number of hydrogen-bond acceptors (Lipinski definition) is 3. The lowest BCUT2D eigenvalue weighted by Gasteiger charge is -2.03. The van der Waals surface area contributed by atoms with Crippen molar-refractivity contribution in [1.82, 2.24) is 0 Å². The van der Waals surface area contributed by atoms with Crippen molar-refractivity contribution in [3.05, 3.63) is 53.7 Å². The SMILES string of the molecule is O=C(O)c1ccc(CNc2cccc(F)c2)o1. The first kappa shape index (κ1) is 11.2. The van der Waals surface area contributed by atoms with Gasteiger partial charge in [-0.3, -0.25) is 0 Å². The minimum Gasteiger partial charge on any atom is -0.475 e. The summed E-state index contributed by atoms with van der Waals surface area (Å²) in [6.07, 6.45) is 0. The van der Waals surface area contributed by atoms with Crippen LogP contribution in [0.1, 0.15) is 16.3 Å². The van der Waals surface area contributed by atoms with E-state index in [9.17, 15) is 9.18 Å². The van der Waals surface area contributed by atoms with Gasteiger partial charge in [0.2, 0.25) is 5.76 Å². The van der Waals surface area contributed by atoms with E-state index in [4.69, 9.17) is 9.52 Å². The Balaban J connectivity index is 2.00. The molecule has 0 aliphatic heterocycles. The Kier molecular flexibility index (Phi) is 3.09. The van der Waals surface area contributed by atoms with Crippen molar-refractivity contribution in [2.45, 2.75) is 6.54 Å². The molecule has 0 fully saturated rings. The Morgan fingerprint density at radius 1 is 1.35 bits per heavy atom. The maximum atomic E-state index is 12.9. The zero-order valence-corrected chi connectivity index (χ0v) is 8.81. The lowest BCUT2D eigenvalue weighted by atomic mass is 10.3. The van der Waals surface area contributed by atoms with Crippen LogP contribution in [0, 0.1) is 5.82 Å². The molecule has 88 valence electrons. The van der Waals surface area contributed by atoms with Crippen molar-refractivity contribution < 1.29 is 18.7 Å². The topological polar surface area (TPSA) is 62.5 Å². The van der Waals surface area contributed by atoms with E-state index in [1.807, 2.05) is 0 Å². The van der Waals surface area contributed by atoms with E-state index in [1.165, 1.54) is 18.2 Å². The molecule has 17 heavy (non-hydrogen) atoms. The molecule has 0 atom stereocenters. The molecule has 4 nitrogen and oxygen atoms in total. The number of carboxylic acids is 1. The summed E-state index contributed by atoms with van der Waals surface area (Å²) in [6, 6.07) is 8.94. The van der Waals surface area contributed by atoms with E-state index >= 15 is 0 Å². The van der Waals surface area contributed by atoms with Crippen LogP contribution in [-0.4, -0.2) is 11.1 Å². The fraction of sp³-hybridized carbons (Fsp3) is 0.0833. The number of carbonyl (C=O) groups is 1. The summed E-state index contributed by atoms with van der Waals surface area (Å²) >= 11 is 0. The monoisotopic (exact) mass is 235 g/mol. The van der Waals surface area contributed by atoms with Crippen LogP contribution in [0.15, 0.2) is 40.8 Å². The lowest BCUT2D eigenvalue weighted by Crippen LogP contribution is -1.98. The van der Waals surface area contributed by atoms with E-state index < -0.39 is 5.97 Å². The molecule has 0 radical (unpaired) electrons. The zero-order valence-electron chi connectivity index (χ0n) is 8.81. The highest BCUT2D eigenvalue weighted by Crippen LogP contribution is 2.13. The Labute approximate surface area is 96.7 Å². The molecule has 0 spiro atoms. The number of carboxylic acid groups (broad SMARTS) is 1. The van der Waals surface area contributed by atoms with Crippen molar-refractivity contribution in [2.75, 3.05) is 5.32 Å². The molecule has 2 rings (SSSR count). The molecule has 0 unspecified atom stereocenters. The third-order valence-corrected chi connectivity index (χ3v) is 2.16. The van der Waals surface area contributed by atoms with Gasteiger partial charge in [-0.05, 0) is 30.3 Å². The third-order valence-electron chi connectivity index (χ3n) is 2.16. The predicted molar refractivity (Wildman–Crippen MR) is 59.4 cm³/mol. The second-order valence-electron chi connectivity index (χ2n) is 3.44. The molecule has 0 aliphatic rings. The maximum Gasteiger partial charge on any atom is 0.371 e. The number of rotatable bonds is 4. The first-order valence-corrected chi connectivity index (χ1v) is 4.96. The highest BCUT2D eigenvalue weighted by Gasteiger charge is 2.08. The molecule has 0 saturated heterocycles. The minimum absolute atomic E-state index is 0.110. The summed E-state index contributed by atoms with van der Waals surface area (Å²) in [7, 11) is 0. The Hall–Kier alpha value is -2.30. The average molecular weight is 235 g/mol. The second kappa shape index (κ2) is 4.69. The number of benzene rings is 1. The predicted octanol–water partition coefficient (Wildman–Crippen LogP) is 2.73. The van der Waals surface area contributed by atoms with Gasteiger partial charge in [0.25, 0.3) is 0 Å². The van der Waals surface area contributed by atoms with Gasteiger partial charge in [0.15, 0.2) is 0 Å². The van der Waals surface area contributed by atoms with Crippen molar-refractivity contribution in [3.63, 3.8) is 0 Å². The van der Waals surface area contributed by atoms with Crippen LogP contribution in [-0.2, 0) is 6.54 Å².